The minimum atomic E-state index is -0.249. The number of aromatic nitrogens is 3. The predicted molar refractivity (Wildman–Crippen MR) is 94.4 cm³/mol. The van der Waals surface area contributed by atoms with Crippen molar-refractivity contribution in [2.45, 2.75) is 31.7 Å². The molecule has 122 valence electrons. The van der Waals surface area contributed by atoms with Crippen LogP contribution in [0.3, 0.4) is 0 Å². The first-order chi connectivity index (χ1) is 11.8. The van der Waals surface area contributed by atoms with Gasteiger partial charge < -0.3 is 5.32 Å². The van der Waals surface area contributed by atoms with Crippen LogP contribution < -0.4 is 5.32 Å². The van der Waals surface area contributed by atoms with Crippen molar-refractivity contribution in [2.75, 3.05) is 5.32 Å². The topological polar surface area (TPSA) is 50.7 Å². The third kappa shape index (κ3) is 3.14. The Morgan fingerprint density at radius 3 is 2.62 bits per heavy atom. The SMILES string of the molecule is Fc1ccc(-c2ncsc2-c2ccnc(NC3CCCC3)n2)cc1. The maximum Gasteiger partial charge on any atom is 0.223 e. The average molecular weight is 340 g/mol. The summed E-state index contributed by atoms with van der Waals surface area (Å²) in [6, 6.07) is 8.75. The van der Waals surface area contributed by atoms with Crippen molar-refractivity contribution in [2.24, 2.45) is 0 Å². The van der Waals surface area contributed by atoms with Crippen LogP contribution in [0.2, 0.25) is 0 Å². The summed E-state index contributed by atoms with van der Waals surface area (Å²) in [5.41, 5.74) is 4.34. The Morgan fingerprint density at radius 1 is 1.04 bits per heavy atom. The highest BCUT2D eigenvalue weighted by Gasteiger charge is 2.17. The number of rotatable bonds is 4. The standard InChI is InChI=1S/C18H17FN4S/c19-13-7-5-12(6-8-13)16-17(24-11-21-16)15-9-10-20-18(23-15)22-14-3-1-2-4-14/h5-11,14H,1-4H2,(H,20,22,23). The van der Waals surface area contributed by atoms with Crippen LogP contribution in [0.15, 0.2) is 42.0 Å². The summed E-state index contributed by atoms with van der Waals surface area (Å²) in [5, 5.41) is 3.42. The molecule has 1 aliphatic rings. The molecule has 0 unspecified atom stereocenters. The van der Waals surface area contributed by atoms with Crippen molar-refractivity contribution in [1.29, 1.82) is 0 Å². The van der Waals surface area contributed by atoms with E-state index in [1.807, 2.05) is 6.07 Å². The molecule has 0 atom stereocenters. The lowest BCUT2D eigenvalue weighted by Gasteiger charge is -2.12. The van der Waals surface area contributed by atoms with Crippen molar-refractivity contribution >= 4 is 17.3 Å². The highest BCUT2D eigenvalue weighted by Crippen LogP contribution is 2.34. The van der Waals surface area contributed by atoms with E-state index < -0.39 is 0 Å². The molecule has 6 heteroatoms. The van der Waals surface area contributed by atoms with Gasteiger partial charge in [-0.15, -0.1) is 11.3 Å². The molecule has 1 fully saturated rings. The molecule has 0 radical (unpaired) electrons. The van der Waals surface area contributed by atoms with Crippen LogP contribution in [-0.2, 0) is 0 Å². The molecule has 1 aromatic carbocycles. The fraction of sp³-hybridized carbons (Fsp3) is 0.278. The fourth-order valence-corrected chi connectivity index (χ4v) is 3.83. The number of nitrogens with one attached hydrogen (secondary N) is 1. The first kappa shape index (κ1) is 15.2. The summed E-state index contributed by atoms with van der Waals surface area (Å²) in [6.07, 6.45) is 6.65. The van der Waals surface area contributed by atoms with Crippen molar-refractivity contribution in [3.05, 3.63) is 47.9 Å². The summed E-state index contributed by atoms with van der Waals surface area (Å²) < 4.78 is 13.2. The number of benzene rings is 1. The number of anilines is 1. The van der Waals surface area contributed by atoms with Crippen LogP contribution in [0.5, 0.6) is 0 Å². The van der Waals surface area contributed by atoms with Crippen LogP contribution in [0.25, 0.3) is 21.8 Å². The predicted octanol–water partition coefficient (Wildman–Crippen LogP) is 4.76. The van der Waals surface area contributed by atoms with E-state index in [9.17, 15) is 4.39 Å². The number of halogens is 1. The first-order valence-corrected chi connectivity index (χ1v) is 8.97. The Balaban J connectivity index is 1.64. The summed E-state index contributed by atoms with van der Waals surface area (Å²) in [7, 11) is 0. The Labute approximate surface area is 143 Å². The average Bonchev–Trinajstić information content (AvgIpc) is 3.27. The highest BCUT2D eigenvalue weighted by molar-refractivity contribution is 7.13. The van der Waals surface area contributed by atoms with Gasteiger partial charge in [-0.2, -0.15) is 0 Å². The zero-order chi connectivity index (χ0) is 16.4. The van der Waals surface area contributed by atoms with Crippen molar-refractivity contribution in [3.63, 3.8) is 0 Å². The van der Waals surface area contributed by atoms with Crippen molar-refractivity contribution in [1.82, 2.24) is 15.0 Å². The molecular formula is C18H17FN4S. The van der Waals surface area contributed by atoms with E-state index in [0.29, 0.717) is 12.0 Å². The van der Waals surface area contributed by atoms with Gasteiger partial charge in [0.1, 0.15) is 5.82 Å². The quantitative estimate of drug-likeness (QED) is 0.744. The smallest absolute Gasteiger partial charge is 0.223 e. The molecule has 1 aliphatic carbocycles. The number of hydrogen-bond donors (Lipinski definition) is 1. The van der Waals surface area contributed by atoms with Gasteiger partial charge in [-0.25, -0.2) is 19.3 Å². The Bertz CT molecular complexity index is 825. The minimum Gasteiger partial charge on any atom is -0.351 e. The second-order valence-corrected chi connectivity index (χ2v) is 6.78. The number of thiazole rings is 1. The van der Waals surface area contributed by atoms with E-state index in [1.54, 1.807) is 23.8 Å². The van der Waals surface area contributed by atoms with Crippen LogP contribution in [0, 0.1) is 5.82 Å². The lowest BCUT2D eigenvalue weighted by atomic mass is 10.1. The summed E-state index contributed by atoms with van der Waals surface area (Å²) >= 11 is 1.53. The molecule has 2 aromatic heterocycles. The van der Waals surface area contributed by atoms with Gasteiger partial charge in [-0.3, -0.25) is 0 Å². The van der Waals surface area contributed by atoms with Gasteiger partial charge in [0.15, 0.2) is 0 Å². The van der Waals surface area contributed by atoms with Gasteiger partial charge in [0, 0.05) is 17.8 Å². The highest BCUT2D eigenvalue weighted by atomic mass is 32.1. The zero-order valence-electron chi connectivity index (χ0n) is 13.1. The second kappa shape index (κ2) is 6.65. The van der Waals surface area contributed by atoms with Gasteiger partial charge in [-0.1, -0.05) is 12.8 Å². The van der Waals surface area contributed by atoms with Gasteiger partial charge in [-0.05, 0) is 43.2 Å². The molecule has 1 saturated carbocycles. The third-order valence-corrected chi connectivity index (χ3v) is 5.11. The summed E-state index contributed by atoms with van der Waals surface area (Å²) in [6.45, 7) is 0. The molecule has 4 rings (SSSR count). The molecule has 2 heterocycles. The Morgan fingerprint density at radius 2 is 1.83 bits per heavy atom. The molecule has 0 amide bonds. The van der Waals surface area contributed by atoms with Crippen LogP contribution >= 0.6 is 11.3 Å². The normalized spacial score (nSPS) is 14.9. The van der Waals surface area contributed by atoms with E-state index in [-0.39, 0.29) is 5.82 Å². The second-order valence-electron chi connectivity index (χ2n) is 5.93. The number of hydrogen-bond acceptors (Lipinski definition) is 5. The molecule has 24 heavy (non-hydrogen) atoms. The van der Waals surface area contributed by atoms with E-state index >= 15 is 0 Å². The summed E-state index contributed by atoms with van der Waals surface area (Å²) in [4.78, 5) is 14.4. The lowest BCUT2D eigenvalue weighted by Crippen LogP contribution is -2.16. The van der Waals surface area contributed by atoms with Crippen LogP contribution in [0.4, 0.5) is 10.3 Å². The van der Waals surface area contributed by atoms with Crippen LogP contribution in [-0.4, -0.2) is 21.0 Å². The first-order valence-electron chi connectivity index (χ1n) is 8.09. The molecule has 4 nitrogen and oxygen atoms in total. The molecule has 0 aliphatic heterocycles. The van der Waals surface area contributed by atoms with Crippen molar-refractivity contribution < 1.29 is 4.39 Å². The molecule has 0 saturated heterocycles. The van der Waals surface area contributed by atoms with E-state index in [0.717, 1.165) is 21.8 Å². The number of nitrogens with zero attached hydrogens (tertiary/aromatic N) is 3. The summed E-state index contributed by atoms with van der Waals surface area (Å²) in [5.74, 6) is 0.415. The van der Waals surface area contributed by atoms with E-state index in [1.165, 1.54) is 49.2 Å². The Kier molecular flexibility index (Phi) is 4.21. The fourth-order valence-electron chi connectivity index (χ4n) is 3.05. The molecule has 3 aromatic rings. The van der Waals surface area contributed by atoms with Crippen molar-refractivity contribution in [3.8, 4) is 21.8 Å². The largest absolute Gasteiger partial charge is 0.351 e. The van der Waals surface area contributed by atoms with E-state index in [2.05, 4.69) is 20.3 Å². The van der Waals surface area contributed by atoms with Gasteiger partial charge >= 0.3 is 0 Å². The zero-order valence-corrected chi connectivity index (χ0v) is 13.9. The lowest BCUT2D eigenvalue weighted by molar-refractivity contribution is 0.628. The third-order valence-electron chi connectivity index (χ3n) is 4.26. The molecular weight excluding hydrogens is 323 g/mol. The molecule has 0 bridgehead atoms. The monoisotopic (exact) mass is 340 g/mol. The maximum atomic E-state index is 13.2. The molecule has 0 spiro atoms. The van der Waals surface area contributed by atoms with Gasteiger partial charge in [0.05, 0.1) is 21.8 Å². The molecule has 1 N–H and O–H groups in total. The minimum absolute atomic E-state index is 0.249. The van der Waals surface area contributed by atoms with Gasteiger partial charge in [0.2, 0.25) is 5.95 Å². The van der Waals surface area contributed by atoms with Gasteiger partial charge in [0.25, 0.3) is 0 Å². The Hall–Kier alpha value is -2.34. The van der Waals surface area contributed by atoms with Crippen LogP contribution in [0.1, 0.15) is 25.7 Å². The van der Waals surface area contributed by atoms with E-state index in [4.69, 9.17) is 0 Å². The maximum absolute atomic E-state index is 13.2.